The fraction of sp³-hybridized carbons (Fsp3) is 0.500. The van der Waals surface area contributed by atoms with E-state index in [0.29, 0.717) is 17.9 Å². The zero-order valence-electron chi connectivity index (χ0n) is 11.0. The molecular weight excluding hydrogens is 284 g/mol. The molecule has 8 heteroatoms. The number of non-ortho nitro benzene ring substituents is 1. The SMILES string of the molecule is COc1cc([N+](=O)[O-])ccc1NC1CCCS(=O)(=O)C1. The molecule has 7 nitrogen and oxygen atoms in total. The van der Waals surface area contributed by atoms with Crippen LogP contribution >= 0.6 is 0 Å². The molecule has 1 N–H and O–H groups in total. The number of rotatable bonds is 4. The van der Waals surface area contributed by atoms with Crippen LogP contribution in [-0.2, 0) is 9.84 Å². The Labute approximate surface area is 117 Å². The molecule has 0 bridgehead atoms. The first kappa shape index (κ1) is 14.6. The zero-order valence-corrected chi connectivity index (χ0v) is 11.9. The molecule has 20 heavy (non-hydrogen) atoms. The highest BCUT2D eigenvalue weighted by molar-refractivity contribution is 7.91. The van der Waals surface area contributed by atoms with Gasteiger partial charge in [-0.25, -0.2) is 8.42 Å². The van der Waals surface area contributed by atoms with Crippen molar-refractivity contribution < 1.29 is 18.1 Å². The summed E-state index contributed by atoms with van der Waals surface area (Å²) in [7, 11) is -1.59. The molecule has 0 amide bonds. The van der Waals surface area contributed by atoms with E-state index in [1.807, 2.05) is 0 Å². The fourth-order valence-corrected chi connectivity index (χ4v) is 3.91. The van der Waals surface area contributed by atoms with E-state index in [2.05, 4.69) is 5.32 Å². The number of nitro benzene ring substituents is 1. The zero-order chi connectivity index (χ0) is 14.8. The van der Waals surface area contributed by atoms with Crippen molar-refractivity contribution in [1.29, 1.82) is 0 Å². The predicted octanol–water partition coefficient (Wildman–Crippen LogP) is 1.59. The number of methoxy groups -OCH3 is 1. The Morgan fingerprint density at radius 2 is 2.20 bits per heavy atom. The Kier molecular flexibility index (Phi) is 4.12. The van der Waals surface area contributed by atoms with E-state index in [9.17, 15) is 18.5 Å². The van der Waals surface area contributed by atoms with Gasteiger partial charge in [0, 0.05) is 12.1 Å². The van der Waals surface area contributed by atoms with Crippen molar-refractivity contribution in [2.45, 2.75) is 18.9 Å². The van der Waals surface area contributed by atoms with Crippen LogP contribution in [0.25, 0.3) is 0 Å². The van der Waals surface area contributed by atoms with E-state index in [4.69, 9.17) is 4.74 Å². The van der Waals surface area contributed by atoms with Gasteiger partial charge in [-0.15, -0.1) is 0 Å². The largest absolute Gasteiger partial charge is 0.494 e. The number of hydrogen-bond acceptors (Lipinski definition) is 6. The van der Waals surface area contributed by atoms with Crippen LogP contribution in [0.1, 0.15) is 12.8 Å². The van der Waals surface area contributed by atoms with E-state index in [-0.39, 0.29) is 23.2 Å². The van der Waals surface area contributed by atoms with Crippen molar-refractivity contribution >= 4 is 21.2 Å². The Hall–Kier alpha value is -1.83. The van der Waals surface area contributed by atoms with E-state index >= 15 is 0 Å². The normalized spacial score (nSPS) is 21.1. The van der Waals surface area contributed by atoms with E-state index in [0.717, 1.165) is 6.42 Å². The first-order valence-corrected chi connectivity index (χ1v) is 8.03. The maximum Gasteiger partial charge on any atom is 0.273 e. The minimum atomic E-state index is -3.00. The number of nitrogens with one attached hydrogen (secondary N) is 1. The second-order valence-electron chi connectivity index (χ2n) is 4.74. The lowest BCUT2D eigenvalue weighted by atomic mass is 10.1. The molecule has 0 radical (unpaired) electrons. The summed E-state index contributed by atoms with van der Waals surface area (Å²) in [4.78, 5) is 10.2. The van der Waals surface area contributed by atoms with E-state index < -0.39 is 14.8 Å². The number of nitro groups is 1. The quantitative estimate of drug-likeness (QED) is 0.669. The van der Waals surface area contributed by atoms with Gasteiger partial charge in [-0.05, 0) is 18.9 Å². The second kappa shape index (κ2) is 5.66. The van der Waals surface area contributed by atoms with Gasteiger partial charge < -0.3 is 10.1 Å². The molecule has 1 aliphatic rings. The minimum Gasteiger partial charge on any atom is -0.494 e. The molecule has 0 spiro atoms. The van der Waals surface area contributed by atoms with Crippen molar-refractivity contribution in [1.82, 2.24) is 0 Å². The summed E-state index contributed by atoms with van der Waals surface area (Å²) < 4.78 is 28.3. The highest BCUT2D eigenvalue weighted by atomic mass is 32.2. The van der Waals surface area contributed by atoms with Crippen molar-refractivity contribution in [3.63, 3.8) is 0 Å². The summed E-state index contributed by atoms with van der Waals surface area (Å²) in [6, 6.07) is 4.03. The van der Waals surface area contributed by atoms with Crippen LogP contribution in [0.2, 0.25) is 0 Å². The second-order valence-corrected chi connectivity index (χ2v) is 6.97. The number of nitrogens with zero attached hydrogens (tertiary/aromatic N) is 1. The standard InChI is InChI=1S/C12H16N2O5S/c1-19-12-7-10(14(15)16)4-5-11(12)13-9-3-2-6-20(17,18)8-9/h4-5,7,9,13H,2-3,6,8H2,1H3. The molecule has 1 unspecified atom stereocenters. The van der Waals surface area contributed by atoms with Gasteiger partial charge in [0.05, 0.1) is 35.3 Å². The van der Waals surface area contributed by atoms with E-state index in [1.54, 1.807) is 0 Å². The van der Waals surface area contributed by atoms with Gasteiger partial charge in [-0.1, -0.05) is 0 Å². The Balaban J connectivity index is 2.18. The first-order valence-electron chi connectivity index (χ1n) is 6.21. The summed E-state index contributed by atoms with van der Waals surface area (Å²) in [6.45, 7) is 0. The van der Waals surface area contributed by atoms with Gasteiger partial charge in [-0.2, -0.15) is 0 Å². The van der Waals surface area contributed by atoms with Gasteiger partial charge >= 0.3 is 0 Å². The smallest absolute Gasteiger partial charge is 0.273 e. The van der Waals surface area contributed by atoms with Crippen LogP contribution in [0.4, 0.5) is 11.4 Å². The Morgan fingerprint density at radius 3 is 2.80 bits per heavy atom. The van der Waals surface area contributed by atoms with Gasteiger partial charge in [0.25, 0.3) is 5.69 Å². The van der Waals surface area contributed by atoms with Crippen molar-refractivity contribution in [2.24, 2.45) is 0 Å². The molecule has 1 saturated heterocycles. The van der Waals surface area contributed by atoms with Crippen molar-refractivity contribution in [3.05, 3.63) is 28.3 Å². The highest BCUT2D eigenvalue weighted by Crippen LogP contribution is 2.30. The van der Waals surface area contributed by atoms with Crippen LogP contribution in [0.5, 0.6) is 5.75 Å². The average molecular weight is 300 g/mol. The van der Waals surface area contributed by atoms with Gasteiger partial charge in [0.15, 0.2) is 9.84 Å². The molecular formula is C12H16N2O5S. The minimum absolute atomic E-state index is 0.0661. The van der Waals surface area contributed by atoms with Crippen molar-refractivity contribution in [3.8, 4) is 5.75 Å². The topological polar surface area (TPSA) is 98.5 Å². The summed E-state index contributed by atoms with van der Waals surface area (Å²) in [5, 5.41) is 13.8. The maximum atomic E-state index is 11.6. The van der Waals surface area contributed by atoms with Crippen LogP contribution in [-0.4, -0.2) is 38.0 Å². The Morgan fingerprint density at radius 1 is 1.45 bits per heavy atom. The number of sulfone groups is 1. The lowest BCUT2D eigenvalue weighted by molar-refractivity contribution is -0.384. The number of ether oxygens (including phenoxy) is 1. The monoisotopic (exact) mass is 300 g/mol. The number of anilines is 1. The first-order chi connectivity index (χ1) is 9.41. The average Bonchev–Trinajstić information content (AvgIpc) is 2.37. The number of hydrogen-bond donors (Lipinski definition) is 1. The summed E-state index contributed by atoms with van der Waals surface area (Å²) >= 11 is 0. The molecule has 1 fully saturated rings. The highest BCUT2D eigenvalue weighted by Gasteiger charge is 2.25. The van der Waals surface area contributed by atoms with Crippen LogP contribution in [0.3, 0.4) is 0 Å². The predicted molar refractivity (Wildman–Crippen MR) is 74.9 cm³/mol. The molecule has 1 aromatic rings. The molecule has 1 aliphatic heterocycles. The summed E-state index contributed by atoms with van der Waals surface area (Å²) in [5.41, 5.74) is 0.504. The third-order valence-electron chi connectivity index (χ3n) is 3.22. The van der Waals surface area contributed by atoms with E-state index in [1.165, 1.54) is 25.3 Å². The lowest BCUT2D eigenvalue weighted by Crippen LogP contribution is -2.34. The van der Waals surface area contributed by atoms with Gasteiger partial charge in [0.2, 0.25) is 0 Å². The van der Waals surface area contributed by atoms with Crippen LogP contribution < -0.4 is 10.1 Å². The lowest BCUT2D eigenvalue weighted by Gasteiger charge is -2.24. The molecule has 0 aromatic heterocycles. The molecule has 110 valence electrons. The molecule has 2 rings (SSSR count). The third-order valence-corrected chi connectivity index (χ3v) is 5.04. The molecule has 1 heterocycles. The van der Waals surface area contributed by atoms with Gasteiger partial charge in [0.1, 0.15) is 5.75 Å². The summed E-state index contributed by atoms with van der Waals surface area (Å²) in [6.07, 6.45) is 1.37. The van der Waals surface area contributed by atoms with Crippen LogP contribution in [0.15, 0.2) is 18.2 Å². The van der Waals surface area contributed by atoms with Crippen LogP contribution in [0, 0.1) is 10.1 Å². The number of benzene rings is 1. The molecule has 1 aromatic carbocycles. The maximum absolute atomic E-state index is 11.6. The van der Waals surface area contributed by atoms with Crippen molar-refractivity contribution in [2.75, 3.05) is 23.9 Å². The van der Waals surface area contributed by atoms with Gasteiger partial charge in [-0.3, -0.25) is 10.1 Å². The fourth-order valence-electron chi connectivity index (χ4n) is 2.27. The summed E-state index contributed by atoms with van der Waals surface area (Å²) in [5.74, 6) is 0.637. The molecule has 1 atom stereocenters. The third kappa shape index (κ3) is 3.38. The Bertz CT molecular complexity index is 614. The molecule has 0 aliphatic carbocycles. The molecule has 0 saturated carbocycles.